The van der Waals surface area contributed by atoms with E-state index in [9.17, 15) is 0 Å². The Labute approximate surface area is 262 Å². The SMILES string of the molecule is C1=CC2=NC3C=C(c4cccc5ccc6c(sc7c8ccccc8c8[nH]c9ccccc9c8c67)c45)c4ccccc4C3N2C=C1. The van der Waals surface area contributed by atoms with Crippen molar-refractivity contribution in [1.82, 2.24) is 9.88 Å². The summed E-state index contributed by atoms with van der Waals surface area (Å²) in [6.45, 7) is 0. The highest BCUT2D eigenvalue weighted by molar-refractivity contribution is 7.27. The first-order chi connectivity index (χ1) is 22.3. The predicted octanol–water partition coefficient (Wildman–Crippen LogP) is 10.6. The Kier molecular flexibility index (Phi) is 4.57. The first kappa shape index (κ1) is 23.9. The molecule has 1 N–H and O–H groups in total. The van der Waals surface area contributed by atoms with E-state index in [0.29, 0.717) is 0 Å². The van der Waals surface area contributed by atoms with E-state index < -0.39 is 0 Å². The minimum absolute atomic E-state index is 0.0592. The molecule has 0 saturated heterocycles. The summed E-state index contributed by atoms with van der Waals surface area (Å²) < 4.78 is 2.71. The smallest absolute Gasteiger partial charge is 0.128 e. The molecule has 210 valence electrons. The standard InChI is InChI=1S/C41H25N3S/c1-3-13-27-24(11-1)31(22-33-39(27)44-21-8-7-18-34(44)42-33)25-16-9-10-23-19-20-30-37-36-29-15-5-6-17-32(29)43-38(36)26-12-2-4-14-28(26)40(37)45-41(30)35(23)25/h1-22,33,39,43H. The number of nitrogens with one attached hydrogen (secondary N) is 1. The minimum atomic E-state index is 0.0592. The number of para-hydroxylation sites is 1. The Bertz CT molecular complexity index is 2730. The van der Waals surface area contributed by atoms with Gasteiger partial charge in [-0.2, -0.15) is 0 Å². The van der Waals surface area contributed by atoms with Crippen LogP contribution in [-0.2, 0) is 0 Å². The molecule has 0 amide bonds. The highest BCUT2D eigenvalue weighted by atomic mass is 32.1. The molecule has 3 aliphatic rings. The van der Waals surface area contributed by atoms with Crippen LogP contribution >= 0.6 is 11.3 Å². The molecular formula is C41H25N3S. The van der Waals surface area contributed by atoms with Crippen LogP contribution in [0.25, 0.3) is 69.1 Å². The highest BCUT2D eigenvalue weighted by Crippen LogP contribution is 2.51. The van der Waals surface area contributed by atoms with E-state index in [1.807, 2.05) is 11.3 Å². The van der Waals surface area contributed by atoms with Crippen LogP contribution in [0.5, 0.6) is 0 Å². The summed E-state index contributed by atoms with van der Waals surface area (Å²) in [7, 11) is 0. The summed E-state index contributed by atoms with van der Waals surface area (Å²) in [5.41, 5.74) is 7.61. The van der Waals surface area contributed by atoms with E-state index in [2.05, 4.69) is 144 Å². The first-order valence-corrected chi connectivity index (χ1v) is 16.4. The van der Waals surface area contributed by atoms with Crippen LogP contribution in [0.3, 0.4) is 0 Å². The van der Waals surface area contributed by atoms with Crippen molar-refractivity contribution < 1.29 is 0 Å². The second-order valence-electron chi connectivity index (χ2n) is 12.3. The van der Waals surface area contributed by atoms with Crippen molar-refractivity contribution in [1.29, 1.82) is 0 Å². The second kappa shape index (κ2) is 8.59. The van der Waals surface area contributed by atoms with Crippen LogP contribution in [0.15, 0.2) is 139 Å². The second-order valence-corrected chi connectivity index (χ2v) is 13.3. The number of allylic oxidation sites excluding steroid dienone is 2. The van der Waals surface area contributed by atoms with Crippen molar-refractivity contribution in [3.63, 3.8) is 0 Å². The average Bonchev–Trinajstić information content (AvgIpc) is 3.79. The zero-order chi connectivity index (χ0) is 29.2. The Morgan fingerprint density at radius 2 is 1.44 bits per heavy atom. The normalized spacial score (nSPS) is 18.7. The van der Waals surface area contributed by atoms with Gasteiger partial charge in [0.25, 0.3) is 0 Å². The zero-order valence-corrected chi connectivity index (χ0v) is 25.0. The molecule has 4 heteroatoms. The van der Waals surface area contributed by atoms with Gasteiger partial charge in [0, 0.05) is 58.8 Å². The molecule has 6 aromatic carbocycles. The number of hydrogen-bond donors (Lipinski definition) is 1. The molecular weight excluding hydrogens is 567 g/mol. The van der Waals surface area contributed by atoms with E-state index in [1.165, 1.54) is 85.8 Å². The molecule has 2 aliphatic heterocycles. The molecule has 0 fully saturated rings. The van der Waals surface area contributed by atoms with Crippen LogP contribution in [-0.4, -0.2) is 21.8 Å². The van der Waals surface area contributed by atoms with Crippen molar-refractivity contribution in [2.45, 2.75) is 12.1 Å². The average molecular weight is 592 g/mol. The van der Waals surface area contributed by atoms with Crippen LogP contribution in [0, 0.1) is 0 Å². The van der Waals surface area contributed by atoms with E-state index in [1.54, 1.807) is 0 Å². The predicted molar refractivity (Wildman–Crippen MR) is 191 cm³/mol. The quantitative estimate of drug-likeness (QED) is 0.202. The number of aliphatic imine (C=N–C) groups is 1. The molecule has 1 aliphatic carbocycles. The van der Waals surface area contributed by atoms with Crippen LogP contribution < -0.4 is 0 Å². The molecule has 8 aromatic rings. The molecule has 2 atom stereocenters. The lowest BCUT2D eigenvalue weighted by molar-refractivity contribution is 0.418. The van der Waals surface area contributed by atoms with Gasteiger partial charge < -0.3 is 9.88 Å². The maximum Gasteiger partial charge on any atom is 0.128 e. The van der Waals surface area contributed by atoms with Crippen molar-refractivity contribution in [2.24, 2.45) is 4.99 Å². The minimum Gasteiger partial charge on any atom is -0.354 e. The van der Waals surface area contributed by atoms with Gasteiger partial charge in [-0.3, -0.25) is 4.99 Å². The number of aromatic nitrogens is 1. The van der Waals surface area contributed by atoms with E-state index in [0.717, 1.165) is 5.84 Å². The van der Waals surface area contributed by atoms with E-state index >= 15 is 0 Å². The fourth-order valence-corrected chi connectivity index (χ4v) is 9.64. The molecule has 3 nitrogen and oxygen atoms in total. The van der Waals surface area contributed by atoms with Gasteiger partial charge in [0.1, 0.15) is 5.84 Å². The van der Waals surface area contributed by atoms with Gasteiger partial charge in [-0.05, 0) is 51.9 Å². The van der Waals surface area contributed by atoms with Gasteiger partial charge in [0.05, 0.1) is 17.6 Å². The summed E-state index contributed by atoms with van der Waals surface area (Å²) >= 11 is 1.95. The van der Waals surface area contributed by atoms with E-state index in [4.69, 9.17) is 4.99 Å². The lowest BCUT2D eigenvalue weighted by Crippen LogP contribution is -2.30. The third kappa shape index (κ3) is 3.07. The number of amidine groups is 1. The molecule has 0 radical (unpaired) electrons. The lowest BCUT2D eigenvalue weighted by Gasteiger charge is -2.33. The summed E-state index contributed by atoms with van der Waals surface area (Å²) in [5.74, 6) is 1.04. The van der Waals surface area contributed by atoms with Crippen molar-refractivity contribution in [3.8, 4) is 0 Å². The molecule has 0 saturated carbocycles. The number of rotatable bonds is 1. The summed E-state index contributed by atoms with van der Waals surface area (Å²) in [4.78, 5) is 11.3. The molecule has 2 unspecified atom stereocenters. The Morgan fingerprint density at radius 1 is 0.644 bits per heavy atom. The number of nitrogens with zero attached hydrogens (tertiary/aromatic N) is 2. The topological polar surface area (TPSA) is 31.4 Å². The Balaban J connectivity index is 1.27. The van der Waals surface area contributed by atoms with Gasteiger partial charge in [-0.15, -0.1) is 11.3 Å². The highest BCUT2D eigenvalue weighted by Gasteiger charge is 2.39. The number of fused-ring (bicyclic) bond motifs is 17. The van der Waals surface area contributed by atoms with Gasteiger partial charge in [0.2, 0.25) is 0 Å². The van der Waals surface area contributed by atoms with Crippen LogP contribution in [0.1, 0.15) is 22.7 Å². The Morgan fingerprint density at radius 3 is 2.40 bits per heavy atom. The molecule has 11 rings (SSSR count). The molecule has 0 spiro atoms. The summed E-state index contributed by atoms with van der Waals surface area (Å²) in [6.07, 6.45) is 10.9. The Hall–Kier alpha value is -5.45. The van der Waals surface area contributed by atoms with Gasteiger partial charge in [-0.25, -0.2) is 0 Å². The number of hydrogen-bond acceptors (Lipinski definition) is 3. The molecule has 0 bridgehead atoms. The van der Waals surface area contributed by atoms with Crippen molar-refractivity contribution in [2.75, 3.05) is 0 Å². The monoisotopic (exact) mass is 591 g/mol. The van der Waals surface area contributed by atoms with Crippen LogP contribution in [0.2, 0.25) is 0 Å². The number of thiophene rings is 1. The maximum absolute atomic E-state index is 5.20. The first-order valence-electron chi connectivity index (χ1n) is 15.5. The fraction of sp³-hybridized carbons (Fsp3) is 0.0488. The third-order valence-electron chi connectivity index (χ3n) is 10.1. The maximum atomic E-state index is 5.20. The summed E-state index contributed by atoms with van der Waals surface area (Å²) in [6, 6.07) is 38.3. The fourth-order valence-electron chi connectivity index (χ4n) is 8.23. The van der Waals surface area contributed by atoms with Gasteiger partial charge in [-0.1, -0.05) is 103 Å². The number of aromatic amines is 1. The number of benzene rings is 6. The molecule has 2 aromatic heterocycles. The lowest BCUT2D eigenvalue weighted by atomic mass is 9.80. The summed E-state index contributed by atoms with van der Waals surface area (Å²) in [5, 5.41) is 10.5. The van der Waals surface area contributed by atoms with Gasteiger partial charge in [0.15, 0.2) is 0 Å². The van der Waals surface area contributed by atoms with E-state index in [-0.39, 0.29) is 12.1 Å². The third-order valence-corrected chi connectivity index (χ3v) is 11.3. The van der Waals surface area contributed by atoms with Crippen molar-refractivity contribution in [3.05, 3.63) is 150 Å². The van der Waals surface area contributed by atoms with Crippen molar-refractivity contribution >= 4 is 86.3 Å². The number of H-pyrrole nitrogens is 1. The zero-order valence-electron chi connectivity index (χ0n) is 24.2. The molecule has 45 heavy (non-hydrogen) atoms. The van der Waals surface area contributed by atoms with Gasteiger partial charge >= 0.3 is 0 Å². The molecule has 4 heterocycles. The van der Waals surface area contributed by atoms with Crippen LogP contribution in [0.4, 0.5) is 0 Å². The largest absolute Gasteiger partial charge is 0.354 e.